The monoisotopic (exact) mass is 267 g/mol. The highest BCUT2D eigenvalue weighted by molar-refractivity contribution is 5.88. The maximum absolute atomic E-state index is 11.0. The second-order valence-corrected chi connectivity index (χ2v) is 4.89. The fraction of sp³-hybridized carbons (Fsp3) is 0.692. The third-order valence-electron chi connectivity index (χ3n) is 3.52. The number of ether oxygens (including phenoxy) is 1. The highest BCUT2D eigenvalue weighted by Gasteiger charge is 2.16. The Labute approximate surface area is 112 Å². The molecule has 1 fully saturated rings. The molecule has 106 valence electrons. The van der Waals surface area contributed by atoms with Crippen LogP contribution >= 0.6 is 0 Å². The first-order valence-corrected chi connectivity index (χ1v) is 6.75. The van der Waals surface area contributed by atoms with Crippen molar-refractivity contribution in [3.8, 4) is 0 Å². The number of carboxylic acid groups (broad SMARTS) is 1. The van der Waals surface area contributed by atoms with E-state index >= 15 is 0 Å². The van der Waals surface area contributed by atoms with E-state index in [0.29, 0.717) is 24.9 Å². The van der Waals surface area contributed by atoms with Crippen LogP contribution in [0.3, 0.4) is 0 Å². The van der Waals surface area contributed by atoms with E-state index in [2.05, 4.69) is 10.4 Å². The number of hydrogen-bond donors (Lipinski definition) is 2. The summed E-state index contributed by atoms with van der Waals surface area (Å²) in [6, 6.07) is 0. The summed E-state index contributed by atoms with van der Waals surface area (Å²) in [6.45, 7) is 1.89. The van der Waals surface area contributed by atoms with Gasteiger partial charge in [0.05, 0.1) is 24.6 Å². The van der Waals surface area contributed by atoms with E-state index in [0.717, 1.165) is 6.54 Å². The van der Waals surface area contributed by atoms with E-state index in [-0.39, 0.29) is 5.56 Å². The molecule has 1 aromatic heterocycles. The Balaban J connectivity index is 1.70. The van der Waals surface area contributed by atoms with Gasteiger partial charge >= 0.3 is 5.97 Å². The molecule has 1 saturated carbocycles. The third kappa shape index (κ3) is 3.78. The minimum atomic E-state index is -0.938. The molecule has 6 heteroatoms. The standard InChI is InChI=1S/C13H21N3O3/c1-16-12(11(8-15-16)13(17)18)9-14-6-7-19-10-4-2-3-5-10/h8,10,14H,2-7,9H2,1H3,(H,17,18). The predicted molar refractivity (Wildman–Crippen MR) is 70.1 cm³/mol. The van der Waals surface area contributed by atoms with Gasteiger partial charge in [-0.2, -0.15) is 5.10 Å². The number of aryl methyl sites for hydroxylation is 1. The molecule has 0 aromatic carbocycles. The number of aromatic nitrogens is 2. The van der Waals surface area contributed by atoms with Gasteiger partial charge in [0.1, 0.15) is 5.56 Å². The van der Waals surface area contributed by atoms with Crippen molar-refractivity contribution < 1.29 is 14.6 Å². The molecule has 0 spiro atoms. The fourth-order valence-corrected chi connectivity index (χ4v) is 2.41. The molecule has 19 heavy (non-hydrogen) atoms. The molecule has 2 N–H and O–H groups in total. The van der Waals surface area contributed by atoms with Crippen molar-refractivity contribution in [3.05, 3.63) is 17.5 Å². The molecule has 6 nitrogen and oxygen atoms in total. The SMILES string of the molecule is Cn1ncc(C(=O)O)c1CNCCOC1CCCC1. The second kappa shape index (κ2) is 6.68. The second-order valence-electron chi connectivity index (χ2n) is 4.89. The van der Waals surface area contributed by atoms with Crippen LogP contribution in [0.5, 0.6) is 0 Å². The highest BCUT2D eigenvalue weighted by Crippen LogP contribution is 2.20. The average Bonchev–Trinajstić information content (AvgIpc) is 2.99. The van der Waals surface area contributed by atoms with E-state index in [1.54, 1.807) is 11.7 Å². The molecule has 1 aliphatic carbocycles. The smallest absolute Gasteiger partial charge is 0.339 e. The molecule has 0 radical (unpaired) electrons. The Kier molecular flexibility index (Phi) is 4.93. The number of aromatic carboxylic acids is 1. The topological polar surface area (TPSA) is 76.4 Å². The first kappa shape index (κ1) is 14.0. The van der Waals surface area contributed by atoms with E-state index in [1.807, 2.05) is 0 Å². The Morgan fingerprint density at radius 1 is 1.58 bits per heavy atom. The number of carboxylic acids is 1. The first-order valence-electron chi connectivity index (χ1n) is 6.75. The Morgan fingerprint density at radius 2 is 2.32 bits per heavy atom. The van der Waals surface area contributed by atoms with E-state index in [4.69, 9.17) is 9.84 Å². The molecule has 1 aliphatic rings. The van der Waals surface area contributed by atoms with Crippen molar-refractivity contribution in [3.63, 3.8) is 0 Å². The number of nitrogens with one attached hydrogen (secondary N) is 1. The minimum absolute atomic E-state index is 0.256. The van der Waals surface area contributed by atoms with Gasteiger partial charge in [0.25, 0.3) is 0 Å². The van der Waals surface area contributed by atoms with Gasteiger partial charge in [-0.25, -0.2) is 4.79 Å². The zero-order valence-electron chi connectivity index (χ0n) is 11.3. The van der Waals surface area contributed by atoms with Gasteiger partial charge in [0.2, 0.25) is 0 Å². The number of nitrogens with zero attached hydrogens (tertiary/aromatic N) is 2. The third-order valence-corrected chi connectivity index (χ3v) is 3.52. The van der Waals surface area contributed by atoms with Crippen molar-refractivity contribution in [1.82, 2.24) is 15.1 Å². The van der Waals surface area contributed by atoms with Gasteiger partial charge in [0.15, 0.2) is 0 Å². The van der Waals surface area contributed by atoms with Crippen molar-refractivity contribution in [2.24, 2.45) is 7.05 Å². The lowest BCUT2D eigenvalue weighted by molar-refractivity contribution is 0.0602. The fourth-order valence-electron chi connectivity index (χ4n) is 2.41. The summed E-state index contributed by atoms with van der Waals surface area (Å²) in [5, 5.41) is 16.2. The molecule has 0 atom stereocenters. The van der Waals surface area contributed by atoms with Gasteiger partial charge in [-0.05, 0) is 12.8 Å². The van der Waals surface area contributed by atoms with Crippen LogP contribution < -0.4 is 5.32 Å². The molecule has 0 aliphatic heterocycles. The maximum atomic E-state index is 11.0. The Bertz CT molecular complexity index is 425. The maximum Gasteiger partial charge on any atom is 0.339 e. The van der Waals surface area contributed by atoms with Crippen LogP contribution in [0.2, 0.25) is 0 Å². The van der Waals surface area contributed by atoms with Gasteiger partial charge in [-0.1, -0.05) is 12.8 Å². The summed E-state index contributed by atoms with van der Waals surface area (Å²) < 4.78 is 7.32. The van der Waals surface area contributed by atoms with E-state index in [1.165, 1.54) is 31.9 Å². The van der Waals surface area contributed by atoms with Crippen molar-refractivity contribution >= 4 is 5.97 Å². The first-order chi connectivity index (χ1) is 9.18. The Morgan fingerprint density at radius 3 is 3.00 bits per heavy atom. The Hall–Kier alpha value is -1.40. The molecular formula is C13H21N3O3. The van der Waals surface area contributed by atoms with Crippen LogP contribution in [0.15, 0.2) is 6.20 Å². The van der Waals surface area contributed by atoms with Crippen molar-refractivity contribution in [2.45, 2.75) is 38.3 Å². The normalized spacial score (nSPS) is 16.1. The van der Waals surface area contributed by atoms with E-state index in [9.17, 15) is 4.79 Å². The molecule has 0 unspecified atom stereocenters. The summed E-state index contributed by atoms with van der Waals surface area (Å²) in [5.74, 6) is -0.938. The molecule has 1 heterocycles. The highest BCUT2D eigenvalue weighted by atomic mass is 16.5. The summed E-state index contributed by atoms with van der Waals surface area (Å²) in [6.07, 6.45) is 6.70. The van der Waals surface area contributed by atoms with Gasteiger partial charge < -0.3 is 15.2 Å². The number of rotatable bonds is 7. The molecule has 0 amide bonds. The number of hydrogen-bond acceptors (Lipinski definition) is 4. The van der Waals surface area contributed by atoms with Crippen LogP contribution in [-0.2, 0) is 18.3 Å². The van der Waals surface area contributed by atoms with Gasteiger partial charge in [-0.15, -0.1) is 0 Å². The van der Waals surface area contributed by atoms with Crippen molar-refractivity contribution in [1.29, 1.82) is 0 Å². The van der Waals surface area contributed by atoms with Gasteiger partial charge in [-0.3, -0.25) is 4.68 Å². The van der Waals surface area contributed by atoms with Crippen LogP contribution in [0, 0.1) is 0 Å². The zero-order chi connectivity index (χ0) is 13.7. The summed E-state index contributed by atoms with van der Waals surface area (Å²) >= 11 is 0. The minimum Gasteiger partial charge on any atom is -0.478 e. The van der Waals surface area contributed by atoms with Crippen LogP contribution in [0.4, 0.5) is 0 Å². The molecule has 0 bridgehead atoms. The molecule has 2 rings (SSSR count). The predicted octanol–water partition coefficient (Wildman–Crippen LogP) is 1.17. The van der Waals surface area contributed by atoms with Crippen LogP contribution in [0.25, 0.3) is 0 Å². The van der Waals surface area contributed by atoms with Crippen LogP contribution in [-0.4, -0.2) is 40.1 Å². The summed E-state index contributed by atoms with van der Waals surface area (Å²) in [5.41, 5.74) is 0.945. The van der Waals surface area contributed by atoms with Gasteiger partial charge in [0, 0.05) is 20.1 Å². The number of carbonyl (C=O) groups is 1. The largest absolute Gasteiger partial charge is 0.478 e. The summed E-state index contributed by atoms with van der Waals surface area (Å²) in [4.78, 5) is 11.0. The van der Waals surface area contributed by atoms with Crippen molar-refractivity contribution in [2.75, 3.05) is 13.2 Å². The molecular weight excluding hydrogens is 246 g/mol. The lowest BCUT2D eigenvalue weighted by atomic mass is 10.2. The lowest BCUT2D eigenvalue weighted by Crippen LogP contribution is -2.24. The molecule has 0 saturated heterocycles. The lowest BCUT2D eigenvalue weighted by Gasteiger charge is -2.11. The van der Waals surface area contributed by atoms with Crippen LogP contribution in [0.1, 0.15) is 41.7 Å². The quantitative estimate of drug-likeness (QED) is 0.725. The zero-order valence-corrected chi connectivity index (χ0v) is 11.3. The van der Waals surface area contributed by atoms with E-state index < -0.39 is 5.97 Å². The molecule has 1 aromatic rings. The average molecular weight is 267 g/mol. The summed E-state index contributed by atoms with van der Waals surface area (Å²) in [7, 11) is 1.75.